The van der Waals surface area contributed by atoms with Gasteiger partial charge in [0.1, 0.15) is 4.21 Å². The fourth-order valence-electron chi connectivity index (χ4n) is 2.93. The summed E-state index contributed by atoms with van der Waals surface area (Å²) in [5.41, 5.74) is 0.241. The molecule has 2 amide bonds. The van der Waals surface area contributed by atoms with E-state index in [4.69, 9.17) is 9.47 Å². The van der Waals surface area contributed by atoms with Crippen LogP contribution in [-0.4, -0.2) is 45.5 Å². The smallest absolute Gasteiger partial charge is 0.338 e. The lowest BCUT2D eigenvalue weighted by atomic mass is 9.95. The van der Waals surface area contributed by atoms with Crippen LogP contribution < -0.4 is 15.4 Å². The molecule has 9 nitrogen and oxygen atoms in total. The largest absolute Gasteiger partial charge is 0.504 e. The Labute approximate surface area is 184 Å². The highest BCUT2D eigenvalue weighted by atomic mass is 79.9. The minimum atomic E-state index is -3.85. The Kier molecular flexibility index (Phi) is 6.38. The van der Waals surface area contributed by atoms with Crippen molar-refractivity contribution in [3.05, 3.63) is 51.0 Å². The number of aromatic hydroxyl groups is 1. The first-order chi connectivity index (χ1) is 14.2. The Hall–Kier alpha value is -2.57. The summed E-state index contributed by atoms with van der Waals surface area (Å²) in [6, 6.07) is 5.61. The fraction of sp³-hybridized carbons (Fsp3) is 0.222. The number of rotatable bonds is 6. The topological polar surface area (TPSA) is 131 Å². The molecule has 0 spiro atoms. The van der Waals surface area contributed by atoms with Crippen LogP contribution in [0.25, 0.3) is 0 Å². The minimum Gasteiger partial charge on any atom is -0.504 e. The number of benzene rings is 1. The van der Waals surface area contributed by atoms with Crippen LogP contribution in [0.2, 0.25) is 0 Å². The second kappa shape index (κ2) is 8.66. The summed E-state index contributed by atoms with van der Waals surface area (Å²) in [5, 5.41) is 14.8. The summed E-state index contributed by atoms with van der Waals surface area (Å²) in [4.78, 5) is 24.8. The van der Waals surface area contributed by atoms with Gasteiger partial charge in [0.2, 0.25) is 0 Å². The Morgan fingerprint density at radius 1 is 1.27 bits per heavy atom. The third-order valence-electron chi connectivity index (χ3n) is 4.29. The lowest BCUT2D eigenvalue weighted by Gasteiger charge is -2.29. The quantitative estimate of drug-likeness (QED) is 0.502. The maximum atomic E-state index is 12.8. The van der Waals surface area contributed by atoms with Crippen LogP contribution in [0, 0.1) is 0 Å². The normalized spacial score (nSPS) is 16.6. The molecule has 3 N–H and O–H groups in total. The van der Waals surface area contributed by atoms with Crippen LogP contribution >= 0.6 is 27.3 Å². The van der Waals surface area contributed by atoms with Gasteiger partial charge in [-0.05, 0) is 45.8 Å². The predicted octanol–water partition coefficient (Wildman–Crippen LogP) is 2.48. The Balaban J connectivity index is 2.11. The van der Waals surface area contributed by atoms with Gasteiger partial charge in [-0.1, -0.05) is 6.07 Å². The van der Waals surface area contributed by atoms with Crippen molar-refractivity contribution >= 4 is 49.1 Å². The first-order valence-corrected chi connectivity index (χ1v) is 11.7. The van der Waals surface area contributed by atoms with Crippen molar-refractivity contribution in [2.75, 3.05) is 20.0 Å². The number of carbonyl (C=O) groups is 2. The van der Waals surface area contributed by atoms with Crippen molar-refractivity contribution in [3.63, 3.8) is 0 Å². The van der Waals surface area contributed by atoms with Gasteiger partial charge < -0.3 is 25.2 Å². The number of nitrogens with one attached hydrogen (secondary N) is 2. The van der Waals surface area contributed by atoms with Gasteiger partial charge in [0.05, 0.1) is 35.4 Å². The fourth-order valence-corrected chi connectivity index (χ4v) is 6.35. The van der Waals surface area contributed by atoms with Crippen molar-refractivity contribution in [2.45, 2.75) is 10.3 Å². The molecule has 1 aromatic heterocycles. The highest BCUT2D eigenvalue weighted by Crippen LogP contribution is 2.35. The van der Waals surface area contributed by atoms with E-state index in [0.717, 1.165) is 18.4 Å². The first-order valence-electron chi connectivity index (χ1n) is 8.40. The van der Waals surface area contributed by atoms with E-state index in [0.29, 0.717) is 9.35 Å². The van der Waals surface area contributed by atoms with Gasteiger partial charge in [0.15, 0.2) is 21.3 Å². The van der Waals surface area contributed by atoms with Crippen molar-refractivity contribution in [3.8, 4) is 11.5 Å². The molecule has 0 fully saturated rings. The maximum absolute atomic E-state index is 12.8. The van der Waals surface area contributed by atoms with Crippen LogP contribution in [-0.2, 0) is 19.4 Å². The molecule has 3 rings (SSSR count). The van der Waals surface area contributed by atoms with E-state index in [1.54, 1.807) is 6.07 Å². The first kappa shape index (κ1) is 22.1. The molecule has 0 radical (unpaired) electrons. The number of methoxy groups -OCH3 is 2. The summed E-state index contributed by atoms with van der Waals surface area (Å²) in [5.74, 6) is -1.42. The van der Waals surface area contributed by atoms with Crippen molar-refractivity contribution in [2.24, 2.45) is 0 Å². The molecular formula is C18H17BrN2O7S2. The number of amides is 2. The Bertz CT molecular complexity index is 1140. The number of halogens is 1. The molecule has 160 valence electrons. The number of urea groups is 1. The lowest BCUT2D eigenvalue weighted by molar-refractivity contribution is -0.136. The number of thiophene rings is 1. The monoisotopic (exact) mass is 516 g/mol. The average molecular weight is 517 g/mol. The molecule has 0 saturated heterocycles. The highest BCUT2D eigenvalue weighted by Gasteiger charge is 2.36. The predicted molar refractivity (Wildman–Crippen MR) is 112 cm³/mol. The van der Waals surface area contributed by atoms with Crippen LogP contribution in [0.5, 0.6) is 11.5 Å². The van der Waals surface area contributed by atoms with Gasteiger partial charge in [-0.15, -0.1) is 11.3 Å². The molecule has 2 heterocycles. The second-order valence-electron chi connectivity index (χ2n) is 6.16. The lowest BCUT2D eigenvalue weighted by Crippen LogP contribution is -2.47. The molecule has 12 heteroatoms. The van der Waals surface area contributed by atoms with Gasteiger partial charge in [0, 0.05) is 5.70 Å². The minimum absolute atomic E-state index is 0.0657. The van der Waals surface area contributed by atoms with Gasteiger partial charge >= 0.3 is 12.0 Å². The van der Waals surface area contributed by atoms with Crippen LogP contribution in [0.1, 0.15) is 11.6 Å². The molecule has 1 aliphatic rings. The maximum Gasteiger partial charge on any atom is 0.338 e. The molecule has 1 atom stereocenters. The third-order valence-corrected chi connectivity index (χ3v) is 8.13. The van der Waals surface area contributed by atoms with Crippen molar-refractivity contribution in [1.82, 2.24) is 10.6 Å². The van der Waals surface area contributed by atoms with E-state index in [1.165, 1.54) is 31.4 Å². The molecule has 1 unspecified atom stereocenters. The Morgan fingerprint density at radius 2 is 2.00 bits per heavy atom. The van der Waals surface area contributed by atoms with Gasteiger partial charge in [-0.25, -0.2) is 18.0 Å². The molecule has 2 aromatic rings. The zero-order valence-electron chi connectivity index (χ0n) is 15.8. The molecule has 0 bridgehead atoms. The number of hydrogen-bond donors (Lipinski definition) is 3. The summed E-state index contributed by atoms with van der Waals surface area (Å²) in [7, 11) is -1.34. The second-order valence-corrected chi connectivity index (χ2v) is 10.8. The highest BCUT2D eigenvalue weighted by molar-refractivity contribution is 9.11. The number of phenols is 1. The van der Waals surface area contributed by atoms with Gasteiger partial charge in [-0.2, -0.15) is 0 Å². The molecular weight excluding hydrogens is 500 g/mol. The van der Waals surface area contributed by atoms with Crippen LogP contribution in [0.4, 0.5) is 4.79 Å². The standard InChI is InChI=1S/C18H17BrN2O7S2/c1-27-12-7-9(3-4-11(12)22)16-15(17(23)28-2)10(20-18(24)21-16)8-30(25,26)14-6-5-13(19)29-14/h3-7,16,22H,8H2,1-2H3,(H2,20,21,24). The van der Waals surface area contributed by atoms with Gasteiger partial charge in [-0.3, -0.25) is 0 Å². The molecule has 1 aromatic carbocycles. The zero-order valence-corrected chi connectivity index (χ0v) is 19.0. The number of phenolic OH excluding ortho intramolecular Hbond substituents is 1. The van der Waals surface area contributed by atoms with E-state index in [1.807, 2.05) is 0 Å². The van der Waals surface area contributed by atoms with Gasteiger partial charge in [0.25, 0.3) is 0 Å². The third kappa shape index (κ3) is 4.45. The van der Waals surface area contributed by atoms with E-state index in [-0.39, 0.29) is 27.0 Å². The molecule has 1 aliphatic heterocycles. The molecule has 0 saturated carbocycles. The van der Waals surface area contributed by atoms with E-state index in [9.17, 15) is 23.1 Å². The van der Waals surface area contributed by atoms with Crippen LogP contribution in [0.3, 0.4) is 0 Å². The number of hydrogen-bond acceptors (Lipinski definition) is 8. The van der Waals surface area contributed by atoms with Crippen molar-refractivity contribution in [1.29, 1.82) is 0 Å². The average Bonchev–Trinajstić information content (AvgIpc) is 3.14. The summed E-state index contributed by atoms with van der Waals surface area (Å²) in [6.07, 6.45) is 0. The molecule has 0 aliphatic carbocycles. The Morgan fingerprint density at radius 3 is 2.60 bits per heavy atom. The van der Waals surface area contributed by atoms with E-state index >= 15 is 0 Å². The SMILES string of the molecule is COC(=O)C1=C(CS(=O)(=O)c2ccc(Br)s2)NC(=O)NC1c1ccc(O)c(OC)c1. The van der Waals surface area contributed by atoms with E-state index < -0.39 is 33.6 Å². The summed E-state index contributed by atoms with van der Waals surface area (Å²) >= 11 is 4.24. The van der Waals surface area contributed by atoms with Crippen LogP contribution in [0.15, 0.2) is 49.6 Å². The number of sulfone groups is 1. The van der Waals surface area contributed by atoms with Crippen molar-refractivity contribution < 1.29 is 32.6 Å². The summed E-state index contributed by atoms with van der Waals surface area (Å²) in [6.45, 7) is 0. The zero-order chi connectivity index (χ0) is 22.1. The number of esters is 1. The number of ether oxygens (including phenoxy) is 2. The van der Waals surface area contributed by atoms with E-state index in [2.05, 4.69) is 26.6 Å². The number of carbonyl (C=O) groups excluding carboxylic acids is 2. The molecule has 30 heavy (non-hydrogen) atoms. The summed E-state index contributed by atoms with van der Waals surface area (Å²) < 4.78 is 36.3.